The minimum atomic E-state index is -0.0634. The molecule has 1 aliphatic heterocycles. The standard InChI is InChI=1S/C13H25NO/c1-10-6-5-9-14(11(10)2)12-7-3-4-8-13(12)15/h10-13,15H,3-9H2,1-2H3/t10?,11?,12-,13-/m0/s1. The van der Waals surface area contributed by atoms with Gasteiger partial charge in [0.1, 0.15) is 0 Å². The summed E-state index contributed by atoms with van der Waals surface area (Å²) in [4.78, 5) is 2.58. The van der Waals surface area contributed by atoms with Crippen molar-refractivity contribution < 1.29 is 5.11 Å². The van der Waals surface area contributed by atoms with E-state index in [2.05, 4.69) is 18.7 Å². The minimum absolute atomic E-state index is 0.0634. The Morgan fingerprint density at radius 1 is 1.00 bits per heavy atom. The summed E-state index contributed by atoms with van der Waals surface area (Å²) in [7, 11) is 0. The van der Waals surface area contributed by atoms with Gasteiger partial charge in [-0.3, -0.25) is 4.90 Å². The van der Waals surface area contributed by atoms with Crippen LogP contribution < -0.4 is 0 Å². The van der Waals surface area contributed by atoms with Gasteiger partial charge in [0.2, 0.25) is 0 Å². The van der Waals surface area contributed by atoms with E-state index in [4.69, 9.17) is 0 Å². The molecule has 0 bridgehead atoms. The van der Waals surface area contributed by atoms with Crippen molar-refractivity contribution in [1.82, 2.24) is 4.90 Å². The van der Waals surface area contributed by atoms with E-state index in [1.165, 1.54) is 38.6 Å². The van der Waals surface area contributed by atoms with Crippen molar-refractivity contribution in [3.05, 3.63) is 0 Å². The van der Waals surface area contributed by atoms with Crippen LogP contribution in [0.5, 0.6) is 0 Å². The van der Waals surface area contributed by atoms with Crippen molar-refractivity contribution in [1.29, 1.82) is 0 Å². The number of rotatable bonds is 1. The Morgan fingerprint density at radius 3 is 2.47 bits per heavy atom. The quantitative estimate of drug-likeness (QED) is 0.720. The Kier molecular flexibility index (Phi) is 3.68. The Bertz CT molecular complexity index is 207. The second-order valence-electron chi connectivity index (χ2n) is 5.52. The zero-order chi connectivity index (χ0) is 10.8. The first kappa shape index (κ1) is 11.4. The molecule has 0 amide bonds. The van der Waals surface area contributed by atoms with E-state index in [0.717, 1.165) is 12.3 Å². The van der Waals surface area contributed by atoms with Crippen LogP contribution in [0.1, 0.15) is 52.4 Å². The first-order chi connectivity index (χ1) is 7.20. The maximum absolute atomic E-state index is 10.1. The van der Waals surface area contributed by atoms with Crippen molar-refractivity contribution in [2.24, 2.45) is 5.92 Å². The maximum Gasteiger partial charge on any atom is 0.0695 e. The molecular formula is C13H25NO. The Morgan fingerprint density at radius 2 is 1.73 bits per heavy atom. The van der Waals surface area contributed by atoms with E-state index in [-0.39, 0.29) is 6.10 Å². The van der Waals surface area contributed by atoms with Gasteiger partial charge in [-0.15, -0.1) is 0 Å². The largest absolute Gasteiger partial charge is 0.391 e. The summed E-state index contributed by atoms with van der Waals surface area (Å²) in [6.45, 7) is 5.89. The topological polar surface area (TPSA) is 23.5 Å². The van der Waals surface area contributed by atoms with Gasteiger partial charge in [-0.25, -0.2) is 0 Å². The second-order valence-corrected chi connectivity index (χ2v) is 5.52. The normalized spacial score (nSPS) is 44.2. The molecule has 1 saturated carbocycles. The molecule has 2 nitrogen and oxygen atoms in total. The molecule has 1 heterocycles. The van der Waals surface area contributed by atoms with Gasteiger partial charge in [0.05, 0.1) is 6.10 Å². The van der Waals surface area contributed by atoms with Gasteiger partial charge >= 0.3 is 0 Å². The highest BCUT2D eigenvalue weighted by molar-refractivity contribution is 4.89. The fourth-order valence-electron chi connectivity index (χ4n) is 3.31. The third kappa shape index (κ3) is 2.36. The molecule has 0 aromatic heterocycles. The summed E-state index contributed by atoms with van der Waals surface area (Å²) in [5.74, 6) is 0.799. The van der Waals surface area contributed by atoms with Crippen molar-refractivity contribution >= 4 is 0 Å². The number of aliphatic hydroxyl groups excluding tert-OH is 1. The van der Waals surface area contributed by atoms with Gasteiger partial charge in [0.15, 0.2) is 0 Å². The van der Waals surface area contributed by atoms with E-state index < -0.39 is 0 Å². The average molecular weight is 211 g/mol. The van der Waals surface area contributed by atoms with E-state index in [1.807, 2.05) is 0 Å². The fourth-order valence-corrected chi connectivity index (χ4v) is 3.31. The minimum Gasteiger partial charge on any atom is -0.391 e. The molecular weight excluding hydrogens is 186 g/mol. The van der Waals surface area contributed by atoms with Crippen LogP contribution in [0.4, 0.5) is 0 Å². The van der Waals surface area contributed by atoms with Crippen molar-refractivity contribution in [3.8, 4) is 0 Å². The zero-order valence-corrected chi connectivity index (χ0v) is 10.2. The molecule has 0 radical (unpaired) electrons. The number of hydrogen-bond donors (Lipinski definition) is 1. The number of hydrogen-bond acceptors (Lipinski definition) is 2. The van der Waals surface area contributed by atoms with Crippen LogP contribution in [0, 0.1) is 5.92 Å². The maximum atomic E-state index is 10.1. The molecule has 0 aromatic carbocycles. The van der Waals surface area contributed by atoms with Crippen LogP contribution in [-0.4, -0.2) is 34.7 Å². The number of aliphatic hydroxyl groups is 1. The molecule has 15 heavy (non-hydrogen) atoms. The van der Waals surface area contributed by atoms with Crippen molar-refractivity contribution in [2.45, 2.75) is 70.6 Å². The first-order valence-corrected chi connectivity index (χ1v) is 6.64. The van der Waals surface area contributed by atoms with Crippen molar-refractivity contribution in [3.63, 3.8) is 0 Å². The molecule has 1 N–H and O–H groups in total. The monoisotopic (exact) mass is 211 g/mol. The molecule has 1 saturated heterocycles. The molecule has 0 spiro atoms. The average Bonchev–Trinajstić information content (AvgIpc) is 2.23. The highest BCUT2D eigenvalue weighted by Gasteiger charge is 2.34. The fraction of sp³-hybridized carbons (Fsp3) is 1.00. The summed E-state index contributed by atoms with van der Waals surface area (Å²) in [6.07, 6.45) is 7.36. The van der Waals surface area contributed by atoms with Gasteiger partial charge in [0, 0.05) is 12.1 Å². The molecule has 2 fully saturated rings. The van der Waals surface area contributed by atoms with E-state index in [1.54, 1.807) is 0 Å². The van der Waals surface area contributed by atoms with Crippen LogP contribution >= 0.6 is 0 Å². The lowest BCUT2D eigenvalue weighted by atomic mass is 9.85. The lowest BCUT2D eigenvalue weighted by molar-refractivity contribution is -0.0245. The predicted molar refractivity (Wildman–Crippen MR) is 62.8 cm³/mol. The summed E-state index contributed by atoms with van der Waals surface area (Å²) in [6, 6.07) is 1.12. The number of likely N-dealkylation sites (tertiary alicyclic amines) is 1. The van der Waals surface area contributed by atoms with Crippen LogP contribution in [0.25, 0.3) is 0 Å². The smallest absolute Gasteiger partial charge is 0.0695 e. The van der Waals surface area contributed by atoms with Gasteiger partial charge in [-0.1, -0.05) is 19.8 Å². The molecule has 2 rings (SSSR count). The van der Waals surface area contributed by atoms with Crippen LogP contribution in [-0.2, 0) is 0 Å². The van der Waals surface area contributed by atoms with E-state index in [9.17, 15) is 5.11 Å². The molecule has 2 heteroatoms. The molecule has 1 aliphatic carbocycles. The Balaban J connectivity index is 2.01. The lowest BCUT2D eigenvalue weighted by Gasteiger charge is -2.46. The summed E-state index contributed by atoms with van der Waals surface area (Å²) in [5.41, 5.74) is 0. The third-order valence-electron chi connectivity index (χ3n) is 4.54. The zero-order valence-electron chi connectivity index (χ0n) is 10.2. The van der Waals surface area contributed by atoms with Crippen molar-refractivity contribution in [2.75, 3.05) is 6.54 Å². The second kappa shape index (κ2) is 4.84. The SMILES string of the molecule is CC1CCCN([C@H]2CCCC[C@@H]2O)C1C. The predicted octanol–water partition coefficient (Wildman–Crippen LogP) is 2.41. The highest BCUT2D eigenvalue weighted by atomic mass is 16.3. The van der Waals surface area contributed by atoms with Gasteiger partial charge in [-0.05, 0) is 45.1 Å². The molecule has 2 unspecified atom stereocenters. The van der Waals surface area contributed by atoms with E-state index >= 15 is 0 Å². The van der Waals surface area contributed by atoms with Gasteiger partial charge in [-0.2, -0.15) is 0 Å². The third-order valence-corrected chi connectivity index (χ3v) is 4.54. The number of piperidine rings is 1. The molecule has 2 aliphatic rings. The van der Waals surface area contributed by atoms with Gasteiger partial charge < -0.3 is 5.11 Å². The molecule has 0 aromatic rings. The van der Waals surface area contributed by atoms with Crippen LogP contribution in [0.2, 0.25) is 0 Å². The van der Waals surface area contributed by atoms with Crippen LogP contribution in [0.3, 0.4) is 0 Å². The van der Waals surface area contributed by atoms with E-state index in [0.29, 0.717) is 12.1 Å². The molecule has 88 valence electrons. The summed E-state index contributed by atoms with van der Waals surface area (Å²) >= 11 is 0. The first-order valence-electron chi connectivity index (χ1n) is 6.64. The van der Waals surface area contributed by atoms with Gasteiger partial charge in [0.25, 0.3) is 0 Å². The Hall–Kier alpha value is -0.0800. The summed E-state index contributed by atoms with van der Waals surface area (Å²) in [5, 5.41) is 10.1. The highest BCUT2D eigenvalue weighted by Crippen LogP contribution is 2.31. The summed E-state index contributed by atoms with van der Waals surface area (Å²) < 4.78 is 0. The number of nitrogens with zero attached hydrogens (tertiary/aromatic N) is 1. The lowest BCUT2D eigenvalue weighted by Crippen LogP contribution is -2.53. The molecule has 4 atom stereocenters. The Labute approximate surface area is 93.7 Å². The van der Waals surface area contributed by atoms with Crippen LogP contribution in [0.15, 0.2) is 0 Å².